The highest BCUT2D eigenvalue weighted by Crippen LogP contribution is 2.19. The lowest BCUT2D eigenvalue weighted by atomic mass is 9.95. The van der Waals surface area contributed by atoms with Gasteiger partial charge in [0.25, 0.3) is 5.91 Å². The first kappa shape index (κ1) is 16.5. The highest BCUT2D eigenvalue weighted by atomic mass is 19.1. The fourth-order valence-electron chi connectivity index (χ4n) is 2.65. The summed E-state index contributed by atoms with van der Waals surface area (Å²) in [6.07, 6.45) is 3.42. The number of likely N-dealkylation sites (tertiary alicyclic amines) is 1. The van der Waals surface area contributed by atoms with E-state index < -0.39 is 0 Å². The van der Waals surface area contributed by atoms with Gasteiger partial charge in [-0.25, -0.2) is 4.39 Å². The molecule has 1 aromatic carbocycles. The number of halogens is 1. The van der Waals surface area contributed by atoms with Gasteiger partial charge in [-0.2, -0.15) is 0 Å². The zero-order valence-corrected chi connectivity index (χ0v) is 13.0. The Morgan fingerprint density at radius 2 is 1.86 bits per heavy atom. The van der Waals surface area contributed by atoms with Gasteiger partial charge >= 0.3 is 0 Å². The molecule has 0 atom stereocenters. The number of rotatable bonds is 5. The van der Waals surface area contributed by atoms with Crippen molar-refractivity contribution in [2.24, 2.45) is 5.92 Å². The normalized spacial score (nSPS) is 15.6. The van der Waals surface area contributed by atoms with E-state index in [-0.39, 0.29) is 23.5 Å². The Bertz CT molecular complexity index is 508. The topological polar surface area (TPSA) is 49.4 Å². The van der Waals surface area contributed by atoms with Crippen LogP contribution in [0.2, 0.25) is 0 Å². The smallest absolute Gasteiger partial charge is 0.253 e. The molecule has 4 nitrogen and oxygen atoms in total. The summed E-state index contributed by atoms with van der Waals surface area (Å²) < 4.78 is 12.9. The quantitative estimate of drug-likeness (QED) is 0.850. The van der Waals surface area contributed by atoms with Crippen molar-refractivity contribution in [3.63, 3.8) is 0 Å². The minimum atomic E-state index is -0.348. The molecule has 2 rings (SSSR count). The standard InChI is InChI=1S/C17H23FN2O2/c1-2-3-10-19-16(21)13-8-11-20(12-9-13)17(22)14-4-6-15(18)7-5-14/h4-7,13H,2-3,8-12H2,1H3,(H,19,21). The fraction of sp³-hybridized carbons (Fsp3) is 0.529. The highest BCUT2D eigenvalue weighted by molar-refractivity contribution is 5.94. The molecular weight excluding hydrogens is 283 g/mol. The summed E-state index contributed by atoms with van der Waals surface area (Å²) >= 11 is 0. The summed E-state index contributed by atoms with van der Waals surface area (Å²) in [5.41, 5.74) is 0.493. The van der Waals surface area contributed by atoms with Crippen molar-refractivity contribution in [1.29, 1.82) is 0 Å². The SMILES string of the molecule is CCCCNC(=O)C1CCN(C(=O)c2ccc(F)cc2)CC1. The lowest BCUT2D eigenvalue weighted by Gasteiger charge is -2.31. The van der Waals surface area contributed by atoms with Gasteiger partial charge in [-0.15, -0.1) is 0 Å². The Hall–Kier alpha value is -1.91. The third kappa shape index (κ3) is 4.29. The van der Waals surface area contributed by atoms with E-state index in [4.69, 9.17) is 0 Å². The maximum absolute atomic E-state index is 12.9. The molecule has 1 aliphatic rings. The van der Waals surface area contributed by atoms with Gasteiger partial charge in [-0.3, -0.25) is 9.59 Å². The van der Waals surface area contributed by atoms with Gasteiger partial charge < -0.3 is 10.2 Å². The van der Waals surface area contributed by atoms with Crippen LogP contribution in [0.1, 0.15) is 43.0 Å². The molecule has 1 N–H and O–H groups in total. The molecule has 1 fully saturated rings. The van der Waals surface area contributed by atoms with Crippen molar-refractivity contribution < 1.29 is 14.0 Å². The van der Waals surface area contributed by atoms with Crippen LogP contribution in [-0.4, -0.2) is 36.3 Å². The van der Waals surface area contributed by atoms with Crippen molar-refractivity contribution >= 4 is 11.8 Å². The van der Waals surface area contributed by atoms with E-state index in [9.17, 15) is 14.0 Å². The third-order valence-corrected chi connectivity index (χ3v) is 4.07. The van der Waals surface area contributed by atoms with Crippen LogP contribution in [0, 0.1) is 11.7 Å². The van der Waals surface area contributed by atoms with E-state index in [0.717, 1.165) is 19.4 Å². The van der Waals surface area contributed by atoms with E-state index in [0.29, 0.717) is 31.5 Å². The van der Waals surface area contributed by atoms with Crippen molar-refractivity contribution in [2.75, 3.05) is 19.6 Å². The molecule has 0 aromatic heterocycles. The van der Waals surface area contributed by atoms with Crippen molar-refractivity contribution in [1.82, 2.24) is 10.2 Å². The molecule has 1 saturated heterocycles. The number of unbranched alkanes of at least 4 members (excludes halogenated alkanes) is 1. The number of nitrogens with one attached hydrogen (secondary N) is 1. The second-order valence-electron chi connectivity index (χ2n) is 5.72. The molecule has 0 radical (unpaired) electrons. The Morgan fingerprint density at radius 3 is 2.45 bits per heavy atom. The van der Waals surface area contributed by atoms with Gasteiger partial charge in [0.2, 0.25) is 5.91 Å². The number of nitrogens with zero attached hydrogens (tertiary/aromatic N) is 1. The fourth-order valence-corrected chi connectivity index (χ4v) is 2.65. The van der Waals surface area contributed by atoms with Crippen molar-refractivity contribution in [3.8, 4) is 0 Å². The maximum Gasteiger partial charge on any atom is 0.253 e. The van der Waals surface area contributed by atoms with Crippen LogP contribution < -0.4 is 5.32 Å². The number of carbonyl (C=O) groups is 2. The number of benzene rings is 1. The first-order valence-electron chi connectivity index (χ1n) is 7.94. The molecule has 1 aromatic rings. The Kier molecular flexibility index (Phi) is 5.92. The summed E-state index contributed by atoms with van der Waals surface area (Å²) in [6, 6.07) is 5.59. The lowest BCUT2D eigenvalue weighted by molar-refractivity contribution is -0.126. The number of carbonyl (C=O) groups excluding carboxylic acids is 2. The molecule has 5 heteroatoms. The molecule has 0 saturated carbocycles. The van der Waals surface area contributed by atoms with E-state index in [1.807, 2.05) is 0 Å². The molecule has 0 bridgehead atoms. The summed E-state index contributed by atoms with van der Waals surface area (Å²) in [4.78, 5) is 26.0. The molecule has 1 heterocycles. The summed E-state index contributed by atoms with van der Waals surface area (Å²) in [5.74, 6) is -0.347. The van der Waals surface area contributed by atoms with Gasteiger partial charge in [-0.05, 0) is 43.5 Å². The molecule has 0 aliphatic carbocycles. The predicted molar refractivity (Wildman–Crippen MR) is 82.9 cm³/mol. The first-order valence-corrected chi connectivity index (χ1v) is 7.94. The Morgan fingerprint density at radius 1 is 1.23 bits per heavy atom. The largest absolute Gasteiger partial charge is 0.356 e. The number of hydrogen-bond donors (Lipinski definition) is 1. The number of piperidine rings is 1. The van der Waals surface area contributed by atoms with Gasteiger partial charge in [-0.1, -0.05) is 13.3 Å². The second-order valence-corrected chi connectivity index (χ2v) is 5.72. The monoisotopic (exact) mass is 306 g/mol. The average molecular weight is 306 g/mol. The van der Waals surface area contributed by atoms with Crippen LogP contribution in [0.15, 0.2) is 24.3 Å². The predicted octanol–water partition coefficient (Wildman–Crippen LogP) is 2.59. The van der Waals surface area contributed by atoms with Gasteiger partial charge in [0.15, 0.2) is 0 Å². The Labute approximate surface area is 130 Å². The highest BCUT2D eigenvalue weighted by Gasteiger charge is 2.27. The summed E-state index contributed by atoms with van der Waals surface area (Å²) in [5, 5.41) is 2.95. The van der Waals surface area contributed by atoms with Crippen molar-refractivity contribution in [2.45, 2.75) is 32.6 Å². The van der Waals surface area contributed by atoms with Crippen LogP contribution >= 0.6 is 0 Å². The van der Waals surface area contributed by atoms with Crippen LogP contribution in [0.25, 0.3) is 0 Å². The Balaban J connectivity index is 1.82. The third-order valence-electron chi connectivity index (χ3n) is 4.07. The number of amides is 2. The van der Waals surface area contributed by atoms with Gasteiger partial charge in [0, 0.05) is 31.1 Å². The van der Waals surface area contributed by atoms with Gasteiger partial charge in [0.1, 0.15) is 5.82 Å². The summed E-state index contributed by atoms with van der Waals surface area (Å²) in [6.45, 7) is 3.96. The van der Waals surface area contributed by atoms with Crippen LogP contribution in [0.5, 0.6) is 0 Å². The molecule has 120 valence electrons. The summed E-state index contributed by atoms with van der Waals surface area (Å²) in [7, 11) is 0. The molecule has 2 amide bonds. The minimum absolute atomic E-state index is 0.00544. The van der Waals surface area contributed by atoms with E-state index in [1.165, 1.54) is 24.3 Å². The lowest BCUT2D eigenvalue weighted by Crippen LogP contribution is -2.43. The van der Waals surface area contributed by atoms with E-state index >= 15 is 0 Å². The second kappa shape index (κ2) is 7.92. The maximum atomic E-state index is 12.9. The first-order chi connectivity index (χ1) is 10.6. The molecule has 0 spiro atoms. The average Bonchev–Trinajstić information content (AvgIpc) is 2.55. The van der Waals surface area contributed by atoms with Crippen LogP contribution in [-0.2, 0) is 4.79 Å². The van der Waals surface area contributed by atoms with E-state index in [2.05, 4.69) is 12.2 Å². The minimum Gasteiger partial charge on any atom is -0.356 e. The molecule has 22 heavy (non-hydrogen) atoms. The molecular formula is C17H23FN2O2. The van der Waals surface area contributed by atoms with E-state index in [1.54, 1.807) is 4.90 Å². The van der Waals surface area contributed by atoms with Crippen LogP contribution in [0.4, 0.5) is 4.39 Å². The zero-order valence-electron chi connectivity index (χ0n) is 13.0. The number of hydrogen-bond acceptors (Lipinski definition) is 2. The van der Waals surface area contributed by atoms with Gasteiger partial charge in [0.05, 0.1) is 0 Å². The molecule has 1 aliphatic heterocycles. The van der Waals surface area contributed by atoms with Crippen LogP contribution in [0.3, 0.4) is 0 Å². The van der Waals surface area contributed by atoms with Crippen molar-refractivity contribution in [3.05, 3.63) is 35.6 Å². The zero-order chi connectivity index (χ0) is 15.9. The molecule has 0 unspecified atom stereocenters.